The van der Waals surface area contributed by atoms with Crippen LogP contribution in [-0.4, -0.2) is 57.4 Å². The molecule has 0 spiro atoms. The number of carbonyl (C=O) groups excluding carboxylic acids is 1. The zero-order valence-corrected chi connectivity index (χ0v) is 18.9. The van der Waals surface area contributed by atoms with Gasteiger partial charge in [-0.1, -0.05) is 12.1 Å². The van der Waals surface area contributed by atoms with Gasteiger partial charge in [0.05, 0.1) is 27.5 Å². The van der Waals surface area contributed by atoms with Gasteiger partial charge >= 0.3 is 0 Å². The van der Waals surface area contributed by atoms with Crippen molar-refractivity contribution in [3.8, 4) is 17.2 Å². The summed E-state index contributed by atoms with van der Waals surface area (Å²) in [5, 5.41) is 3.17. The molecule has 2 heterocycles. The molecule has 2 aromatic carbocycles. The van der Waals surface area contributed by atoms with Crippen LogP contribution >= 0.6 is 0 Å². The van der Waals surface area contributed by atoms with Gasteiger partial charge in [0.1, 0.15) is 5.75 Å². The van der Waals surface area contributed by atoms with Gasteiger partial charge in [-0.3, -0.25) is 9.69 Å². The summed E-state index contributed by atoms with van der Waals surface area (Å²) < 4.78 is 15.8. The molecule has 2 fully saturated rings. The van der Waals surface area contributed by atoms with Gasteiger partial charge in [0.25, 0.3) is 5.91 Å². The molecule has 4 rings (SSSR count). The molecule has 2 aromatic rings. The van der Waals surface area contributed by atoms with Crippen molar-refractivity contribution >= 4 is 5.91 Å². The Morgan fingerprint density at radius 2 is 1.66 bits per heavy atom. The van der Waals surface area contributed by atoms with E-state index in [2.05, 4.69) is 33.2 Å². The number of benzene rings is 2. The number of nitrogens with zero attached hydrogens (tertiary/aromatic N) is 1. The lowest BCUT2D eigenvalue weighted by Gasteiger charge is -2.35. The number of amides is 1. The summed E-state index contributed by atoms with van der Waals surface area (Å²) in [4.78, 5) is 15.2. The topological polar surface area (TPSA) is 84.1 Å². The Hall–Kier alpha value is -2.81. The monoisotopic (exact) mass is 440 g/mol. The van der Waals surface area contributed by atoms with Gasteiger partial charge in [-0.15, -0.1) is 0 Å². The predicted molar refractivity (Wildman–Crippen MR) is 122 cm³/mol. The van der Waals surface area contributed by atoms with Crippen molar-refractivity contribution in [1.29, 1.82) is 0 Å². The van der Waals surface area contributed by atoms with E-state index in [1.54, 1.807) is 39.5 Å². The van der Waals surface area contributed by atoms with E-state index in [0.29, 0.717) is 17.1 Å². The molecule has 2 saturated heterocycles. The molecule has 2 aliphatic heterocycles. The first-order valence-electron chi connectivity index (χ1n) is 11.0. The lowest BCUT2D eigenvalue weighted by Crippen LogP contribution is -2.51. The van der Waals surface area contributed by atoms with E-state index >= 15 is 0 Å². The van der Waals surface area contributed by atoms with Crippen LogP contribution in [0.5, 0.6) is 17.2 Å². The van der Waals surface area contributed by atoms with E-state index in [-0.39, 0.29) is 24.2 Å². The van der Waals surface area contributed by atoms with Gasteiger partial charge in [-0.05, 0) is 55.2 Å². The third-order valence-electron chi connectivity index (χ3n) is 6.35. The summed E-state index contributed by atoms with van der Waals surface area (Å²) in [6.07, 6.45) is 3.12. The molecule has 2 aliphatic rings. The van der Waals surface area contributed by atoms with Crippen molar-refractivity contribution in [3.63, 3.8) is 0 Å². The number of piperidine rings is 1. The summed E-state index contributed by atoms with van der Waals surface area (Å²) in [6, 6.07) is 13.9. The van der Waals surface area contributed by atoms with Crippen LogP contribution < -0.4 is 30.4 Å². The molecule has 8 nitrogen and oxygen atoms in total. The highest BCUT2D eigenvalue weighted by atomic mass is 16.5. The minimum Gasteiger partial charge on any atom is -0.497 e. The summed E-state index contributed by atoms with van der Waals surface area (Å²) in [7, 11) is 4.83. The fraction of sp³-hybridized carbons (Fsp3) is 0.458. The number of rotatable bonds is 7. The minimum atomic E-state index is -0.0790. The molecule has 32 heavy (non-hydrogen) atoms. The maximum Gasteiger partial charge on any atom is 0.251 e. The Morgan fingerprint density at radius 3 is 2.31 bits per heavy atom. The van der Waals surface area contributed by atoms with Crippen molar-refractivity contribution in [2.24, 2.45) is 0 Å². The molecule has 1 amide bonds. The van der Waals surface area contributed by atoms with E-state index in [9.17, 15) is 4.79 Å². The fourth-order valence-electron chi connectivity index (χ4n) is 4.44. The Bertz CT molecular complexity index is 913. The molecule has 0 saturated carbocycles. The smallest absolute Gasteiger partial charge is 0.251 e. The summed E-state index contributed by atoms with van der Waals surface area (Å²) in [5.74, 6) is 1.96. The third-order valence-corrected chi connectivity index (χ3v) is 6.35. The SMILES string of the molecule is COc1ccc(C2CC(N3CCC(NC(=O)c4ccc(OC)c(OC)c4)CC3)NN2)cc1. The first kappa shape index (κ1) is 22.4. The average Bonchev–Trinajstić information content (AvgIpc) is 3.34. The largest absolute Gasteiger partial charge is 0.497 e. The van der Waals surface area contributed by atoms with Gasteiger partial charge < -0.3 is 19.5 Å². The number of carbonyl (C=O) groups is 1. The molecule has 8 heteroatoms. The van der Waals surface area contributed by atoms with Crippen molar-refractivity contribution in [3.05, 3.63) is 53.6 Å². The Balaban J connectivity index is 1.26. The molecule has 0 aromatic heterocycles. The van der Waals surface area contributed by atoms with Crippen molar-refractivity contribution in [2.75, 3.05) is 34.4 Å². The highest BCUT2D eigenvalue weighted by molar-refractivity contribution is 5.95. The van der Waals surface area contributed by atoms with Gasteiger partial charge in [0.15, 0.2) is 11.5 Å². The van der Waals surface area contributed by atoms with Crippen LogP contribution in [0.2, 0.25) is 0 Å². The van der Waals surface area contributed by atoms with Crippen LogP contribution in [-0.2, 0) is 0 Å². The number of hydrazine groups is 1. The van der Waals surface area contributed by atoms with Crippen molar-refractivity contribution in [2.45, 2.75) is 37.5 Å². The van der Waals surface area contributed by atoms with Gasteiger partial charge in [-0.25, -0.2) is 10.9 Å². The summed E-state index contributed by atoms with van der Waals surface area (Å²) in [6.45, 7) is 1.87. The van der Waals surface area contributed by atoms with Crippen LogP contribution in [0.3, 0.4) is 0 Å². The second kappa shape index (κ2) is 10.2. The molecular formula is C24H32N4O4. The number of hydrogen-bond acceptors (Lipinski definition) is 7. The van der Waals surface area contributed by atoms with Crippen molar-refractivity contribution < 1.29 is 19.0 Å². The molecule has 3 N–H and O–H groups in total. The highest BCUT2D eigenvalue weighted by Crippen LogP contribution is 2.29. The zero-order valence-electron chi connectivity index (χ0n) is 18.9. The zero-order chi connectivity index (χ0) is 22.5. The quantitative estimate of drug-likeness (QED) is 0.610. The first-order valence-corrected chi connectivity index (χ1v) is 11.0. The van der Waals surface area contributed by atoms with E-state index in [1.807, 2.05) is 12.1 Å². The number of nitrogens with one attached hydrogen (secondary N) is 3. The number of likely N-dealkylation sites (tertiary alicyclic amines) is 1. The van der Waals surface area contributed by atoms with Crippen LogP contribution in [0.15, 0.2) is 42.5 Å². The second-order valence-electron chi connectivity index (χ2n) is 8.22. The lowest BCUT2D eigenvalue weighted by atomic mass is 10.0. The van der Waals surface area contributed by atoms with Crippen molar-refractivity contribution in [1.82, 2.24) is 21.1 Å². The second-order valence-corrected chi connectivity index (χ2v) is 8.22. The number of hydrogen-bond donors (Lipinski definition) is 3. The molecule has 172 valence electrons. The van der Waals surface area contributed by atoms with Crippen LogP contribution in [0, 0.1) is 0 Å². The predicted octanol–water partition coefficient (Wildman–Crippen LogP) is 2.47. The lowest BCUT2D eigenvalue weighted by molar-refractivity contribution is 0.0879. The van der Waals surface area contributed by atoms with Gasteiger partial charge in [-0.2, -0.15) is 0 Å². The van der Waals surface area contributed by atoms with Crippen LogP contribution in [0.25, 0.3) is 0 Å². The van der Waals surface area contributed by atoms with Gasteiger partial charge in [0.2, 0.25) is 0 Å². The molecule has 2 atom stereocenters. The number of ether oxygens (including phenoxy) is 3. The fourth-order valence-corrected chi connectivity index (χ4v) is 4.44. The van der Waals surface area contributed by atoms with E-state index in [4.69, 9.17) is 14.2 Å². The number of methoxy groups -OCH3 is 3. The minimum absolute atomic E-state index is 0.0790. The maximum absolute atomic E-state index is 12.7. The summed E-state index contributed by atoms with van der Waals surface area (Å²) in [5.41, 5.74) is 8.68. The van der Waals surface area contributed by atoms with Crippen LogP contribution in [0.1, 0.15) is 41.2 Å². The van der Waals surface area contributed by atoms with E-state index in [0.717, 1.165) is 38.1 Å². The standard InChI is InChI=1S/C24H32N4O4/c1-30-19-7-4-16(5-8-19)20-15-23(27-26-20)28-12-10-18(11-13-28)25-24(29)17-6-9-21(31-2)22(14-17)32-3/h4-9,14,18,20,23,26-27H,10-13,15H2,1-3H3,(H,25,29). The molecular weight excluding hydrogens is 408 g/mol. The third kappa shape index (κ3) is 4.98. The molecule has 0 bridgehead atoms. The molecule has 0 radical (unpaired) electrons. The van der Waals surface area contributed by atoms with Gasteiger partial charge in [0, 0.05) is 30.7 Å². The summed E-state index contributed by atoms with van der Waals surface area (Å²) >= 11 is 0. The highest BCUT2D eigenvalue weighted by Gasteiger charge is 2.32. The average molecular weight is 441 g/mol. The van der Waals surface area contributed by atoms with E-state index < -0.39 is 0 Å². The molecule has 2 unspecified atom stereocenters. The first-order chi connectivity index (χ1) is 15.6. The maximum atomic E-state index is 12.7. The Kier molecular flexibility index (Phi) is 7.14. The van der Waals surface area contributed by atoms with Crippen LogP contribution in [0.4, 0.5) is 0 Å². The molecule has 0 aliphatic carbocycles. The Morgan fingerprint density at radius 1 is 0.938 bits per heavy atom. The normalized spacial score (nSPS) is 21.8. The van der Waals surface area contributed by atoms with E-state index in [1.165, 1.54) is 5.56 Å². The Labute approximate surface area is 189 Å².